The molecule has 4 heteroatoms. The molecule has 0 radical (unpaired) electrons. The number of hydrogen-bond donors (Lipinski definition) is 0. The van der Waals surface area contributed by atoms with Crippen LogP contribution >= 0.6 is 0 Å². The first-order valence-corrected chi connectivity index (χ1v) is 11.4. The minimum atomic E-state index is 0.296. The first-order chi connectivity index (χ1) is 14.4. The standard InChI is InChI=1S/C26H38N2O2/c1-8-12-29-23-14-18(3)25(19(4)15-23)27-10-11-28(22(27)7)26-20(5)16-24(17-21(26)6)30-13-9-2/h14-17,22H,8-13H2,1-7H3. The van der Waals surface area contributed by atoms with Crippen LogP contribution in [0.1, 0.15) is 55.9 Å². The summed E-state index contributed by atoms with van der Waals surface area (Å²) in [5, 5.41) is 0. The Labute approximate surface area is 182 Å². The van der Waals surface area contributed by atoms with E-state index in [0.29, 0.717) is 6.17 Å². The second-order valence-corrected chi connectivity index (χ2v) is 8.53. The average Bonchev–Trinajstić information content (AvgIpc) is 3.05. The van der Waals surface area contributed by atoms with Crippen molar-refractivity contribution in [2.24, 2.45) is 0 Å². The predicted octanol–water partition coefficient (Wildman–Crippen LogP) is 6.17. The van der Waals surface area contributed by atoms with E-state index in [-0.39, 0.29) is 0 Å². The second-order valence-electron chi connectivity index (χ2n) is 8.53. The molecule has 1 aliphatic rings. The van der Waals surface area contributed by atoms with E-state index in [1.165, 1.54) is 33.6 Å². The molecule has 2 aromatic carbocycles. The van der Waals surface area contributed by atoms with Gasteiger partial charge in [0.15, 0.2) is 0 Å². The van der Waals surface area contributed by atoms with Crippen molar-refractivity contribution in [2.45, 2.75) is 67.5 Å². The van der Waals surface area contributed by atoms with Crippen molar-refractivity contribution in [1.29, 1.82) is 0 Å². The number of ether oxygens (including phenoxy) is 2. The summed E-state index contributed by atoms with van der Waals surface area (Å²) < 4.78 is 11.8. The molecule has 0 aliphatic carbocycles. The summed E-state index contributed by atoms with van der Waals surface area (Å²) in [7, 11) is 0. The van der Waals surface area contributed by atoms with E-state index in [1.54, 1.807) is 0 Å². The molecule has 0 spiro atoms. The van der Waals surface area contributed by atoms with Crippen LogP contribution in [0.4, 0.5) is 11.4 Å². The molecule has 1 aliphatic heterocycles. The van der Waals surface area contributed by atoms with E-state index in [2.05, 4.69) is 82.5 Å². The number of anilines is 2. The van der Waals surface area contributed by atoms with Gasteiger partial charge in [0, 0.05) is 24.5 Å². The van der Waals surface area contributed by atoms with Gasteiger partial charge in [-0.1, -0.05) is 13.8 Å². The Hall–Kier alpha value is -2.36. The van der Waals surface area contributed by atoms with Gasteiger partial charge in [-0.25, -0.2) is 0 Å². The molecular formula is C26H38N2O2. The molecule has 0 saturated carbocycles. The normalized spacial score (nSPS) is 14.5. The summed E-state index contributed by atoms with van der Waals surface area (Å²) in [6.07, 6.45) is 2.35. The first-order valence-electron chi connectivity index (χ1n) is 11.4. The van der Waals surface area contributed by atoms with E-state index in [1.807, 2.05) is 0 Å². The zero-order chi connectivity index (χ0) is 21.8. The minimum Gasteiger partial charge on any atom is -0.494 e. The van der Waals surface area contributed by atoms with Crippen molar-refractivity contribution >= 4 is 11.4 Å². The largest absolute Gasteiger partial charge is 0.494 e. The van der Waals surface area contributed by atoms with Gasteiger partial charge in [-0.15, -0.1) is 0 Å². The summed E-state index contributed by atoms with van der Waals surface area (Å²) >= 11 is 0. The molecule has 0 aromatic heterocycles. The van der Waals surface area contributed by atoms with Gasteiger partial charge in [-0.3, -0.25) is 0 Å². The number of hydrogen-bond acceptors (Lipinski definition) is 4. The maximum absolute atomic E-state index is 5.88. The Morgan fingerprint density at radius 1 is 0.700 bits per heavy atom. The monoisotopic (exact) mass is 410 g/mol. The fourth-order valence-corrected chi connectivity index (χ4v) is 4.70. The van der Waals surface area contributed by atoms with Crippen LogP contribution in [-0.4, -0.2) is 32.5 Å². The number of aryl methyl sites for hydroxylation is 4. The highest BCUT2D eigenvalue weighted by Crippen LogP contribution is 2.38. The fourth-order valence-electron chi connectivity index (χ4n) is 4.70. The molecule has 0 atom stereocenters. The third-order valence-electron chi connectivity index (χ3n) is 5.93. The van der Waals surface area contributed by atoms with Crippen molar-refractivity contribution in [1.82, 2.24) is 0 Å². The number of nitrogens with zero attached hydrogens (tertiary/aromatic N) is 2. The van der Waals surface area contributed by atoms with Crippen LogP contribution < -0.4 is 19.3 Å². The number of rotatable bonds is 8. The van der Waals surface area contributed by atoms with E-state index >= 15 is 0 Å². The van der Waals surface area contributed by atoms with Gasteiger partial charge in [-0.05, 0) is 94.0 Å². The van der Waals surface area contributed by atoms with E-state index in [9.17, 15) is 0 Å². The highest BCUT2D eigenvalue weighted by Gasteiger charge is 2.32. The van der Waals surface area contributed by atoms with Crippen LogP contribution in [0.5, 0.6) is 11.5 Å². The molecule has 0 amide bonds. The Balaban J connectivity index is 1.86. The Morgan fingerprint density at radius 2 is 1.03 bits per heavy atom. The topological polar surface area (TPSA) is 24.9 Å². The Kier molecular flexibility index (Phi) is 7.17. The van der Waals surface area contributed by atoms with Gasteiger partial charge in [0.25, 0.3) is 0 Å². The highest BCUT2D eigenvalue weighted by atomic mass is 16.5. The molecule has 3 rings (SSSR count). The van der Waals surface area contributed by atoms with Crippen LogP contribution in [0.25, 0.3) is 0 Å². The van der Waals surface area contributed by atoms with Gasteiger partial charge >= 0.3 is 0 Å². The van der Waals surface area contributed by atoms with Crippen molar-refractivity contribution in [2.75, 3.05) is 36.1 Å². The van der Waals surface area contributed by atoms with Gasteiger partial charge in [0.2, 0.25) is 0 Å². The second kappa shape index (κ2) is 9.63. The molecule has 1 heterocycles. The maximum Gasteiger partial charge on any atom is 0.119 e. The number of benzene rings is 2. The van der Waals surface area contributed by atoms with Gasteiger partial charge < -0.3 is 19.3 Å². The van der Waals surface area contributed by atoms with Crippen LogP contribution in [0.3, 0.4) is 0 Å². The van der Waals surface area contributed by atoms with Crippen LogP contribution in [-0.2, 0) is 0 Å². The van der Waals surface area contributed by atoms with Crippen molar-refractivity contribution in [3.63, 3.8) is 0 Å². The molecule has 4 nitrogen and oxygen atoms in total. The smallest absolute Gasteiger partial charge is 0.119 e. The Bertz CT molecular complexity index is 760. The molecule has 0 bridgehead atoms. The third kappa shape index (κ3) is 4.53. The van der Waals surface area contributed by atoms with E-state index in [0.717, 1.165) is 50.6 Å². The molecule has 0 N–H and O–H groups in total. The summed E-state index contributed by atoms with van der Waals surface area (Å²) in [5.41, 5.74) is 7.82. The SMILES string of the molecule is CCCOc1cc(C)c(N2CCN(c3c(C)cc(OCCC)cc3C)C2C)c(C)c1. The summed E-state index contributed by atoms with van der Waals surface area (Å²) in [6.45, 7) is 19.0. The summed E-state index contributed by atoms with van der Waals surface area (Å²) in [4.78, 5) is 5.07. The molecule has 30 heavy (non-hydrogen) atoms. The summed E-state index contributed by atoms with van der Waals surface area (Å²) in [5.74, 6) is 1.96. The maximum atomic E-state index is 5.88. The first kappa shape index (κ1) is 22.3. The minimum absolute atomic E-state index is 0.296. The molecular weight excluding hydrogens is 372 g/mol. The molecule has 2 aromatic rings. The van der Waals surface area contributed by atoms with Gasteiger partial charge in [-0.2, -0.15) is 0 Å². The van der Waals surface area contributed by atoms with E-state index in [4.69, 9.17) is 9.47 Å². The lowest BCUT2D eigenvalue weighted by molar-refractivity contribution is 0.317. The Morgan fingerprint density at radius 3 is 1.33 bits per heavy atom. The van der Waals surface area contributed by atoms with Gasteiger partial charge in [0.1, 0.15) is 11.5 Å². The lowest BCUT2D eigenvalue weighted by Gasteiger charge is -2.33. The molecule has 1 saturated heterocycles. The van der Waals surface area contributed by atoms with Gasteiger partial charge in [0.05, 0.1) is 19.4 Å². The van der Waals surface area contributed by atoms with Crippen LogP contribution in [0, 0.1) is 27.7 Å². The van der Waals surface area contributed by atoms with Crippen LogP contribution in [0.2, 0.25) is 0 Å². The zero-order valence-electron chi connectivity index (χ0n) is 19.8. The molecule has 1 fully saturated rings. The van der Waals surface area contributed by atoms with Crippen molar-refractivity contribution in [3.8, 4) is 11.5 Å². The molecule has 164 valence electrons. The quantitative estimate of drug-likeness (QED) is 0.519. The zero-order valence-corrected chi connectivity index (χ0v) is 19.8. The molecule has 0 unspecified atom stereocenters. The van der Waals surface area contributed by atoms with Crippen molar-refractivity contribution < 1.29 is 9.47 Å². The lowest BCUT2D eigenvalue weighted by atomic mass is 10.1. The lowest BCUT2D eigenvalue weighted by Crippen LogP contribution is -2.37. The predicted molar refractivity (Wildman–Crippen MR) is 128 cm³/mol. The van der Waals surface area contributed by atoms with Crippen LogP contribution in [0.15, 0.2) is 24.3 Å². The highest BCUT2D eigenvalue weighted by molar-refractivity contribution is 5.68. The fraction of sp³-hybridized carbons (Fsp3) is 0.538. The average molecular weight is 411 g/mol. The third-order valence-corrected chi connectivity index (χ3v) is 5.93. The van der Waals surface area contributed by atoms with Crippen molar-refractivity contribution in [3.05, 3.63) is 46.5 Å². The summed E-state index contributed by atoms with van der Waals surface area (Å²) in [6, 6.07) is 8.74. The van der Waals surface area contributed by atoms with E-state index < -0.39 is 0 Å².